The third-order valence-corrected chi connectivity index (χ3v) is 5.48. The lowest BCUT2D eigenvalue weighted by atomic mass is 10.2. The first kappa shape index (κ1) is 19.5. The molecule has 0 saturated carbocycles. The molecule has 3 heterocycles. The first-order valence-electron chi connectivity index (χ1n) is 10.2. The van der Waals surface area contributed by atoms with Crippen LogP contribution in [0.3, 0.4) is 0 Å². The van der Waals surface area contributed by atoms with Gasteiger partial charge in [0.25, 0.3) is 5.91 Å². The maximum absolute atomic E-state index is 12.3. The molecule has 1 saturated heterocycles. The number of benzene rings is 1. The number of piperazine rings is 1. The van der Waals surface area contributed by atoms with Gasteiger partial charge in [-0.05, 0) is 31.2 Å². The molecule has 6 heteroatoms. The van der Waals surface area contributed by atoms with Crippen molar-refractivity contribution in [2.24, 2.45) is 0 Å². The van der Waals surface area contributed by atoms with E-state index in [4.69, 9.17) is 4.42 Å². The number of anilines is 1. The van der Waals surface area contributed by atoms with Gasteiger partial charge in [-0.2, -0.15) is 0 Å². The molecule has 3 aromatic rings. The molecular weight excluding hydrogens is 364 g/mol. The van der Waals surface area contributed by atoms with Crippen LogP contribution in [0.1, 0.15) is 21.9 Å². The Kier molecular flexibility index (Phi) is 5.53. The van der Waals surface area contributed by atoms with E-state index in [1.165, 1.54) is 0 Å². The molecular formula is C23H28N4O2. The maximum atomic E-state index is 12.3. The maximum Gasteiger partial charge on any atom is 0.289 e. The van der Waals surface area contributed by atoms with Crippen LogP contribution in [0.15, 0.2) is 46.9 Å². The van der Waals surface area contributed by atoms with Gasteiger partial charge in [-0.25, -0.2) is 0 Å². The van der Waals surface area contributed by atoms with Gasteiger partial charge in [0.15, 0.2) is 11.3 Å². The summed E-state index contributed by atoms with van der Waals surface area (Å²) in [5, 5.41) is 0.973. The second-order valence-corrected chi connectivity index (χ2v) is 7.85. The molecule has 1 fully saturated rings. The van der Waals surface area contributed by atoms with Gasteiger partial charge in [-0.1, -0.05) is 18.2 Å². The van der Waals surface area contributed by atoms with Crippen LogP contribution < -0.4 is 4.90 Å². The van der Waals surface area contributed by atoms with E-state index < -0.39 is 0 Å². The van der Waals surface area contributed by atoms with E-state index >= 15 is 0 Å². The summed E-state index contributed by atoms with van der Waals surface area (Å²) in [5.74, 6) is 0.281. The number of pyridine rings is 1. The van der Waals surface area contributed by atoms with E-state index in [1.54, 1.807) is 19.0 Å². The average Bonchev–Trinajstić information content (AvgIpc) is 3.16. The van der Waals surface area contributed by atoms with Gasteiger partial charge < -0.3 is 14.2 Å². The number of fused-ring (bicyclic) bond motifs is 1. The molecule has 0 unspecified atom stereocenters. The molecule has 0 aliphatic carbocycles. The summed E-state index contributed by atoms with van der Waals surface area (Å²) >= 11 is 0. The van der Waals surface area contributed by atoms with Crippen LogP contribution in [-0.2, 0) is 6.42 Å². The topological polar surface area (TPSA) is 52.8 Å². The molecule has 1 aliphatic rings. The van der Waals surface area contributed by atoms with Crippen molar-refractivity contribution in [3.8, 4) is 0 Å². The molecule has 152 valence electrons. The summed E-state index contributed by atoms with van der Waals surface area (Å²) in [4.78, 5) is 23.3. The number of carbonyl (C=O) groups excluding carboxylic acids is 1. The van der Waals surface area contributed by atoms with E-state index in [-0.39, 0.29) is 5.91 Å². The number of carbonyl (C=O) groups is 1. The minimum atomic E-state index is -0.110. The van der Waals surface area contributed by atoms with E-state index in [2.05, 4.69) is 33.0 Å². The van der Waals surface area contributed by atoms with Crippen molar-refractivity contribution >= 4 is 22.6 Å². The molecule has 29 heavy (non-hydrogen) atoms. The van der Waals surface area contributed by atoms with E-state index in [1.807, 2.05) is 31.2 Å². The van der Waals surface area contributed by atoms with Crippen molar-refractivity contribution in [2.75, 3.05) is 51.7 Å². The normalized spacial score (nSPS) is 15.1. The van der Waals surface area contributed by atoms with E-state index in [0.29, 0.717) is 5.76 Å². The molecule has 2 aromatic heterocycles. The van der Waals surface area contributed by atoms with Gasteiger partial charge in [0.2, 0.25) is 0 Å². The second kappa shape index (κ2) is 8.25. The van der Waals surface area contributed by atoms with Crippen molar-refractivity contribution in [2.45, 2.75) is 13.3 Å². The van der Waals surface area contributed by atoms with Crippen LogP contribution in [0.2, 0.25) is 0 Å². The standard InChI is InChI=1S/C23H28N4O2/c1-17-6-4-8-19(24-17)10-11-26-12-14-27(15-13-26)20-9-5-7-18-16-21(29-22(18)20)23(28)25(2)3/h4-9,16H,10-15H2,1-3H3. The molecule has 0 spiro atoms. The quantitative estimate of drug-likeness (QED) is 0.667. The first-order chi connectivity index (χ1) is 14.0. The summed E-state index contributed by atoms with van der Waals surface area (Å²) < 4.78 is 5.96. The Morgan fingerprint density at radius 1 is 1.10 bits per heavy atom. The summed E-state index contributed by atoms with van der Waals surface area (Å²) in [5.41, 5.74) is 4.10. The Morgan fingerprint density at radius 3 is 2.59 bits per heavy atom. The van der Waals surface area contributed by atoms with Gasteiger partial charge >= 0.3 is 0 Å². The highest BCUT2D eigenvalue weighted by atomic mass is 16.3. The zero-order valence-corrected chi connectivity index (χ0v) is 17.4. The first-order valence-corrected chi connectivity index (χ1v) is 10.2. The fourth-order valence-electron chi connectivity index (χ4n) is 3.85. The molecule has 1 aromatic carbocycles. The number of aryl methyl sites for hydroxylation is 1. The fraction of sp³-hybridized carbons (Fsp3) is 0.391. The SMILES string of the molecule is Cc1cccc(CCN2CCN(c3cccc4cc(C(=O)N(C)C)oc34)CC2)n1. The Morgan fingerprint density at radius 2 is 1.86 bits per heavy atom. The highest BCUT2D eigenvalue weighted by Crippen LogP contribution is 2.30. The molecule has 0 bridgehead atoms. The lowest BCUT2D eigenvalue weighted by Crippen LogP contribution is -2.47. The van der Waals surface area contributed by atoms with Crippen LogP contribution in [0.4, 0.5) is 5.69 Å². The number of hydrogen-bond acceptors (Lipinski definition) is 5. The monoisotopic (exact) mass is 392 g/mol. The molecule has 1 amide bonds. The minimum absolute atomic E-state index is 0.110. The molecule has 0 N–H and O–H groups in total. The van der Waals surface area contributed by atoms with E-state index in [0.717, 1.165) is 67.2 Å². The fourth-order valence-corrected chi connectivity index (χ4v) is 3.85. The van der Waals surface area contributed by atoms with Gasteiger partial charge in [0, 0.05) is 70.0 Å². The Balaban J connectivity index is 1.41. The number of hydrogen-bond donors (Lipinski definition) is 0. The smallest absolute Gasteiger partial charge is 0.289 e. The average molecular weight is 393 g/mol. The largest absolute Gasteiger partial charge is 0.449 e. The highest BCUT2D eigenvalue weighted by Gasteiger charge is 2.22. The predicted molar refractivity (Wildman–Crippen MR) is 116 cm³/mol. The second-order valence-electron chi connectivity index (χ2n) is 7.85. The molecule has 0 atom stereocenters. The molecule has 6 nitrogen and oxygen atoms in total. The lowest BCUT2D eigenvalue weighted by molar-refractivity contribution is 0.0799. The van der Waals surface area contributed by atoms with Crippen LogP contribution >= 0.6 is 0 Å². The zero-order valence-electron chi connectivity index (χ0n) is 17.4. The lowest BCUT2D eigenvalue weighted by Gasteiger charge is -2.36. The molecule has 4 rings (SSSR count). The van der Waals surface area contributed by atoms with Crippen molar-refractivity contribution < 1.29 is 9.21 Å². The van der Waals surface area contributed by atoms with Crippen LogP contribution in [0, 0.1) is 6.92 Å². The number of furan rings is 1. The predicted octanol–water partition coefficient (Wildman–Crippen LogP) is 3.20. The van der Waals surface area contributed by atoms with Crippen molar-refractivity contribution in [1.29, 1.82) is 0 Å². The third kappa shape index (κ3) is 4.27. The summed E-state index contributed by atoms with van der Waals surface area (Å²) in [6.45, 7) is 6.96. The van der Waals surface area contributed by atoms with Gasteiger partial charge in [0.05, 0.1) is 5.69 Å². The minimum Gasteiger partial charge on any atom is -0.449 e. The van der Waals surface area contributed by atoms with Gasteiger partial charge in [-0.15, -0.1) is 0 Å². The number of amides is 1. The number of aromatic nitrogens is 1. The van der Waals surface area contributed by atoms with Crippen LogP contribution in [0.25, 0.3) is 11.0 Å². The van der Waals surface area contributed by atoms with E-state index in [9.17, 15) is 4.79 Å². The Hall–Kier alpha value is -2.86. The Bertz CT molecular complexity index is 1000. The summed E-state index contributed by atoms with van der Waals surface area (Å²) in [6, 6.07) is 14.2. The summed E-state index contributed by atoms with van der Waals surface area (Å²) in [7, 11) is 3.48. The Labute approximate surface area is 171 Å². The molecule has 0 radical (unpaired) electrons. The van der Waals surface area contributed by atoms with Crippen molar-refractivity contribution in [3.63, 3.8) is 0 Å². The summed E-state index contributed by atoms with van der Waals surface area (Å²) in [6.07, 6.45) is 0.978. The van der Waals surface area contributed by atoms with Crippen molar-refractivity contribution in [3.05, 3.63) is 59.6 Å². The third-order valence-electron chi connectivity index (χ3n) is 5.48. The van der Waals surface area contributed by atoms with Crippen LogP contribution in [0.5, 0.6) is 0 Å². The van der Waals surface area contributed by atoms with Gasteiger partial charge in [-0.3, -0.25) is 14.7 Å². The van der Waals surface area contributed by atoms with Crippen molar-refractivity contribution in [1.82, 2.24) is 14.8 Å². The zero-order chi connectivity index (χ0) is 20.4. The number of para-hydroxylation sites is 1. The number of nitrogens with zero attached hydrogens (tertiary/aromatic N) is 4. The highest BCUT2D eigenvalue weighted by molar-refractivity contribution is 5.99. The number of rotatable bonds is 5. The van der Waals surface area contributed by atoms with Gasteiger partial charge in [0.1, 0.15) is 0 Å². The van der Waals surface area contributed by atoms with Crippen LogP contribution in [-0.4, -0.2) is 67.5 Å². The molecule has 1 aliphatic heterocycles.